The van der Waals surface area contributed by atoms with Crippen molar-refractivity contribution in [2.24, 2.45) is 0 Å². The van der Waals surface area contributed by atoms with E-state index in [9.17, 15) is 9.59 Å². The molecular formula is C25H22N6O2S. The van der Waals surface area contributed by atoms with Gasteiger partial charge in [-0.05, 0) is 24.6 Å². The summed E-state index contributed by atoms with van der Waals surface area (Å²) in [5.41, 5.74) is 2.20. The second kappa shape index (κ2) is 9.15. The minimum atomic E-state index is -0.0878. The van der Waals surface area contributed by atoms with Crippen LogP contribution in [-0.2, 0) is 13.1 Å². The molecule has 0 amide bonds. The Kier molecular flexibility index (Phi) is 5.90. The van der Waals surface area contributed by atoms with Gasteiger partial charge in [0, 0.05) is 35.8 Å². The van der Waals surface area contributed by atoms with Crippen LogP contribution in [0.15, 0.2) is 64.7 Å². The number of carbonyl (C=O) groups excluding carboxylic acids is 1. The van der Waals surface area contributed by atoms with E-state index in [0.29, 0.717) is 41.4 Å². The van der Waals surface area contributed by atoms with Crippen LogP contribution in [0, 0.1) is 11.3 Å². The van der Waals surface area contributed by atoms with Crippen molar-refractivity contribution in [1.82, 2.24) is 23.7 Å². The maximum atomic E-state index is 13.3. The number of fused-ring (bicyclic) bond motifs is 4. The third-order valence-electron chi connectivity index (χ3n) is 5.81. The van der Waals surface area contributed by atoms with Crippen molar-refractivity contribution in [3.63, 3.8) is 0 Å². The number of rotatable bonds is 8. The summed E-state index contributed by atoms with van der Waals surface area (Å²) >= 11 is 1.31. The number of hydrogen-bond acceptors (Lipinski definition) is 6. The van der Waals surface area contributed by atoms with E-state index in [1.165, 1.54) is 11.8 Å². The number of hydrogen-bond donors (Lipinski definition) is 0. The normalized spacial score (nSPS) is 11.4. The summed E-state index contributed by atoms with van der Waals surface area (Å²) in [4.78, 5) is 26.2. The predicted octanol–water partition coefficient (Wildman–Crippen LogP) is 4.30. The van der Waals surface area contributed by atoms with Gasteiger partial charge < -0.3 is 4.57 Å². The molecular weight excluding hydrogens is 448 g/mol. The second-order valence-electron chi connectivity index (χ2n) is 7.97. The zero-order valence-corrected chi connectivity index (χ0v) is 19.5. The summed E-state index contributed by atoms with van der Waals surface area (Å²) in [6.07, 6.45) is 3.00. The third-order valence-corrected chi connectivity index (χ3v) is 6.74. The fraction of sp³-hybridized carbons (Fsp3) is 0.240. The lowest BCUT2D eigenvalue weighted by molar-refractivity contribution is 0.102. The largest absolute Gasteiger partial charge is 0.346 e. The van der Waals surface area contributed by atoms with Gasteiger partial charge in [0.15, 0.2) is 10.9 Å². The quantitative estimate of drug-likeness (QED) is 0.248. The molecule has 0 bridgehead atoms. The van der Waals surface area contributed by atoms with Gasteiger partial charge in [-0.2, -0.15) is 5.26 Å². The molecule has 0 saturated carbocycles. The molecule has 0 saturated heterocycles. The minimum Gasteiger partial charge on any atom is -0.346 e. The number of aryl methyl sites for hydroxylation is 2. The van der Waals surface area contributed by atoms with Crippen LogP contribution in [0.4, 0.5) is 0 Å². The Bertz CT molecular complexity index is 1640. The molecule has 8 nitrogen and oxygen atoms in total. The molecule has 5 rings (SSSR count). The molecule has 170 valence electrons. The Labute approximate surface area is 199 Å². The molecule has 0 radical (unpaired) electrons. The van der Waals surface area contributed by atoms with E-state index < -0.39 is 0 Å². The molecule has 0 aliphatic carbocycles. The predicted molar refractivity (Wildman–Crippen MR) is 132 cm³/mol. The number of aromatic nitrogens is 5. The first-order chi connectivity index (χ1) is 16.6. The van der Waals surface area contributed by atoms with Crippen molar-refractivity contribution in [2.75, 3.05) is 5.75 Å². The molecule has 0 fully saturated rings. The number of thioether (sulfide) groups is 1. The van der Waals surface area contributed by atoms with Gasteiger partial charge in [-0.3, -0.25) is 18.6 Å². The van der Waals surface area contributed by atoms with Crippen LogP contribution in [0.2, 0.25) is 0 Å². The average molecular weight is 471 g/mol. The Morgan fingerprint density at radius 2 is 1.76 bits per heavy atom. The Morgan fingerprint density at radius 1 is 1.03 bits per heavy atom. The first-order valence-electron chi connectivity index (χ1n) is 11.1. The van der Waals surface area contributed by atoms with Gasteiger partial charge in [-0.15, -0.1) is 10.2 Å². The number of Topliss-reactive ketones (excluding diaryl/α,β-unsaturated/α-hetero) is 1. The molecule has 3 heterocycles. The maximum Gasteiger partial charge on any atom is 0.262 e. The van der Waals surface area contributed by atoms with Crippen LogP contribution >= 0.6 is 11.8 Å². The van der Waals surface area contributed by atoms with E-state index in [2.05, 4.69) is 16.3 Å². The van der Waals surface area contributed by atoms with E-state index in [1.54, 1.807) is 10.6 Å². The number of para-hydroxylation sites is 2. The Hall–Kier alpha value is -3.90. The molecule has 0 aliphatic rings. The lowest BCUT2D eigenvalue weighted by Crippen LogP contribution is -2.23. The second-order valence-corrected chi connectivity index (χ2v) is 8.91. The smallest absolute Gasteiger partial charge is 0.262 e. The highest BCUT2D eigenvalue weighted by Crippen LogP contribution is 2.26. The molecule has 2 aromatic carbocycles. The summed E-state index contributed by atoms with van der Waals surface area (Å²) in [7, 11) is 0. The van der Waals surface area contributed by atoms with Gasteiger partial charge in [0.2, 0.25) is 5.78 Å². The molecule has 0 aliphatic heterocycles. The van der Waals surface area contributed by atoms with Gasteiger partial charge in [0.1, 0.15) is 0 Å². The summed E-state index contributed by atoms with van der Waals surface area (Å²) in [5.74, 6) is 0.627. The monoisotopic (exact) mass is 470 g/mol. The van der Waals surface area contributed by atoms with Crippen LogP contribution in [0.5, 0.6) is 0 Å². The van der Waals surface area contributed by atoms with E-state index >= 15 is 0 Å². The number of nitriles is 1. The van der Waals surface area contributed by atoms with Crippen molar-refractivity contribution in [2.45, 2.75) is 38.0 Å². The Balaban J connectivity index is 1.52. The minimum absolute atomic E-state index is 0.0279. The molecule has 9 heteroatoms. The van der Waals surface area contributed by atoms with E-state index in [-0.39, 0.29) is 17.1 Å². The lowest BCUT2D eigenvalue weighted by atomic mass is 10.1. The van der Waals surface area contributed by atoms with Crippen molar-refractivity contribution in [3.05, 3.63) is 70.6 Å². The van der Waals surface area contributed by atoms with Gasteiger partial charge in [0.25, 0.3) is 5.56 Å². The van der Waals surface area contributed by atoms with Crippen molar-refractivity contribution in [1.29, 1.82) is 5.26 Å². The average Bonchev–Trinajstić information content (AvgIpc) is 3.46. The fourth-order valence-electron chi connectivity index (χ4n) is 4.28. The van der Waals surface area contributed by atoms with E-state index in [0.717, 1.165) is 22.8 Å². The summed E-state index contributed by atoms with van der Waals surface area (Å²) < 4.78 is 5.46. The highest BCUT2D eigenvalue weighted by Gasteiger charge is 2.19. The first kappa shape index (κ1) is 21.9. The number of carbonyl (C=O) groups is 1. The van der Waals surface area contributed by atoms with Gasteiger partial charge in [-0.1, -0.05) is 49.0 Å². The number of nitrogens with zero attached hydrogens (tertiary/aromatic N) is 6. The zero-order valence-electron chi connectivity index (χ0n) is 18.6. The maximum absolute atomic E-state index is 13.3. The van der Waals surface area contributed by atoms with Crippen molar-refractivity contribution >= 4 is 45.1 Å². The summed E-state index contributed by atoms with van der Waals surface area (Å²) in [6.45, 7) is 3.08. The SMILES string of the molecule is CCCn1c(=O)c2ccccc2n2c(SCC(=O)c3cn(CCC#N)c4ccccc34)nnc12. The molecule has 5 aromatic rings. The highest BCUT2D eigenvalue weighted by molar-refractivity contribution is 7.99. The molecule has 34 heavy (non-hydrogen) atoms. The summed E-state index contributed by atoms with van der Waals surface area (Å²) in [6, 6.07) is 17.3. The van der Waals surface area contributed by atoms with Crippen LogP contribution in [0.1, 0.15) is 30.1 Å². The van der Waals surface area contributed by atoms with Gasteiger partial charge in [0.05, 0.1) is 29.1 Å². The Morgan fingerprint density at radius 3 is 2.53 bits per heavy atom. The summed E-state index contributed by atoms with van der Waals surface area (Å²) in [5, 5.41) is 19.6. The number of ketones is 1. The van der Waals surface area contributed by atoms with Crippen LogP contribution in [-0.4, -0.2) is 35.3 Å². The number of benzene rings is 2. The lowest BCUT2D eigenvalue weighted by Gasteiger charge is -2.10. The third kappa shape index (κ3) is 3.66. The van der Waals surface area contributed by atoms with Gasteiger partial charge >= 0.3 is 0 Å². The standard InChI is InChI=1S/C25H22N6O2S/c1-2-13-30-23(33)18-9-4-6-11-21(18)31-24(30)27-28-25(31)34-16-22(32)19-15-29(14-7-12-26)20-10-5-3-8-17(19)20/h3-6,8-11,15H,2,7,13-14,16H2,1H3. The molecule has 0 unspecified atom stereocenters. The van der Waals surface area contributed by atoms with Crippen LogP contribution in [0.3, 0.4) is 0 Å². The van der Waals surface area contributed by atoms with Gasteiger partial charge in [-0.25, -0.2) is 0 Å². The topological polar surface area (TPSA) is 98.0 Å². The fourth-order valence-corrected chi connectivity index (χ4v) is 5.11. The molecule has 0 atom stereocenters. The van der Waals surface area contributed by atoms with Crippen molar-refractivity contribution < 1.29 is 4.79 Å². The van der Waals surface area contributed by atoms with Crippen molar-refractivity contribution in [3.8, 4) is 6.07 Å². The zero-order chi connectivity index (χ0) is 23.7. The van der Waals surface area contributed by atoms with E-state index in [4.69, 9.17) is 5.26 Å². The van der Waals surface area contributed by atoms with Crippen LogP contribution in [0.25, 0.3) is 27.6 Å². The first-order valence-corrected chi connectivity index (χ1v) is 12.1. The molecule has 3 aromatic heterocycles. The molecule has 0 spiro atoms. The highest BCUT2D eigenvalue weighted by atomic mass is 32.2. The molecule has 0 N–H and O–H groups in total. The van der Waals surface area contributed by atoms with Crippen LogP contribution < -0.4 is 5.56 Å². The van der Waals surface area contributed by atoms with E-state index in [1.807, 2.05) is 64.6 Å².